The normalized spacial score (nSPS) is 13.4. The zero-order chi connectivity index (χ0) is 14.3. The van der Waals surface area contributed by atoms with Crippen molar-refractivity contribution in [2.24, 2.45) is 0 Å². The Labute approximate surface area is 120 Å². The fraction of sp³-hybridized carbons (Fsp3) is 0.533. The maximum atomic E-state index is 9.58. The maximum absolute atomic E-state index is 9.58. The molecule has 104 valence electrons. The van der Waals surface area contributed by atoms with E-state index in [4.69, 9.17) is 21.1 Å². The summed E-state index contributed by atoms with van der Waals surface area (Å²) in [5.74, 6) is 1.89. The molecule has 0 heterocycles. The molecule has 0 aliphatic heterocycles. The minimum Gasteiger partial charge on any atom is -0.493 e. The molecule has 0 N–H and O–H groups in total. The number of nitrogens with zero attached hydrogens (tertiary/aromatic N) is 1. The Kier molecular flexibility index (Phi) is 5.98. The minimum absolute atomic E-state index is 0.506. The molecule has 4 heteroatoms. The zero-order valence-corrected chi connectivity index (χ0v) is 12.5. The Morgan fingerprint density at radius 2 is 1.95 bits per heavy atom. The lowest BCUT2D eigenvalue weighted by Crippen LogP contribution is -2.23. The number of rotatable bonds is 7. The second kappa shape index (κ2) is 7.25. The van der Waals surface area contributed by atoms with Gasteiger partial charge in [-0.05, 0) is 37.0 Å². The van der Waals surface area contributed by atoms with E-state index in [1.807, 2.05) is 25.1 Å². The van der Waals surface area contributed by atoms with Gasteiger partial charge in [-0.25, -0.2) is 0 Å². The quantitative estimate of drug-likeness (QED) is 0.712. The third-order valence-corrected chi connectivity index (χ3v) is 3.76. The molecule has 1 atom stereocenters. The van der Waals surface area contributed by atoms with Crippen LogP contribution in [0.3, 0.4) is 0 Å². The summed E-state index contributed by atoms with van der Waals surface area (Å²) in [6, 6.07) is 8.12. The predicted octanol–water partition coefficient (Wildman–Crippen LogP) is 3.89. The molecule has 0 amide bonds. The number of hydrogen-bond donors (Lipinski definition) is 0. The van der Waals surface area contributed by atoms with E-state index in [9.17, 15) is 5.26 Å². The molecule has 19 heavy (non-hydrogen) atoms. The Morgan fingerprint density at radius 3 is 2.42 bits per heavy atom. The summed E-state index contributed by atoms with van der Waals surface area (Å²) >= 11 is 5.76. The van der Waals surface area contributed by atoms with Crippen LogP contribution >= 0.6 is 11.6 Å². The highest BCUT2D eigenvalue weighted by Crippen LogP contribution is 2.37. The monoisotopic (exact) mass is 281 g/mol. The van der Waals surface area contributed by atoms with Crippen molar-refractivity contribution in [2.75, 3.05) is 20.1 Å². The summed E-state index contributed by atoms with van der Waals surface area (Å²) in [4.78, 5) is 0. The van der Waals surface area contributed by atoms with Crippen LogP contribution in [0, 0.1) is 11.3 Å². The second-order valence-corrected chi connectivity index (χ2v) is 4.79. The molecule has 0 bridgehead atoms. The second-order valence-electron chi connectivity index (χ2n) is 4.41. The van der Waals surface area contributed by atoms with E-state index in [1.165, 1.54) is 0 Å². The summed E-state index contributed by atoms with van der Waals surface area (Å²) in [5, 5.41) is 9.58. The SMILES string of the molecule is CCC(C#N)(CCCCl)c1ccc(OC)c(OC)c1. The van der Waals surface area contributed by atoms with Gasteiger partial charge in [0.15, 0.2) is 11.5 Å². The van der Waals surface area contributed by atoms with Crippen LogP contribution in [0.5, 0.6) is 11.5 Å². The fourth-order valence-electron chi connectivity index (χ4n) is 2.23. The molecule has 0 aliphatic carbocycles. The van der Waals surface area contributed by atoms with Crippen LogP contribution in [0.4, 0.5) is 0 Å². The van der Waals surface area contributed by atoms with Crippen molar-refractivity contribution in [3.8, 4) is 17.6 Å². The van der Waals surface area contributed by atoms with Crippen molar-refractivity contribution >= 4 is 11.6 Å². The molecule has 1 rings (SSSR count). The van der Waals surface area contributed by atoms with E-state index in [1.54, 1.807) is 14.2 Å². The average Bonchev–Trinajstić information content (AvgIpc) is 2.48. The molecule has 0 saturated heterocycles. The summed E-state index contributed by atoms with van der Waals surface area (Å²) in [7, 11) is 3.20. The maximum Gasteiger partial charge on any atom is 0.161 e. The van der Waals surface area contributed by atoms with E-state index in [0.717, 1.165) is 24.8 Å². The van der Waals surface area contributed by atoms with E-state index in [-0.39, 0.29) is 0 Å². The fourth-order valence-corrected chi connectivity index (χ4v) is 2.36. The van der Waals surface area contributed by atoms with Crippen molar-refractivity contribution in [3.05, 3.63) is 23.8 Å². The lowest BCUT2D eigenvalue weighted by molar-refractivity contribution is 0.353. The number of hydrogen-bond acceptors (Lipinski definition) is 3. The first-order chi connectivity index (χ1) is 9.17. The van der Waals surface area contributed by atoms with Crippen LogP contribution in [0.1, 0.15) is 31.7 Å². The molecule has 0 saturated carbocycles. The highest BCUT2D eigenvalue weighted by Gasteiger charge is 2.30. The molecule has 1 aromatic carbocycles. The Bertz CT molecular complexity index is 456. The van der Waals surface area contributed by atoms with E-state index in [0.29, 0.717) is 17.4 Å². The molecule has 1 unspecified atom stereocenters. The molecule has 0 spiro atoms. The molecule has 0 aliphatic rings. The van der Waals surface area contributed by atoms with Gasteiger partial charge < -0.3 is 9.47 Å². The molecular weight excluding hydrogens is 262 g/mol. The van der Waals surface area contributed by atoms with Crippen LogP contribution in [-0.4, -0.2) is 20.1 Å². The lowest BCUT2D eigenvalue weighted by Gasteiger charge is -2.26. The summed E-state index contributed by atoms with van der Waals surface area (Å²) in [5.41, 5.74) is 0.453. The number of alkyl halides is 1. The third-order valence-electron chi connectivity index (χ3n) is 3.49. The van der Waals surface area contributed by atoms with E-state index >= 15 is 0 Å². The van der Waals surface area contributed by atoms with Crippen LogP contribution in [0.25, 0.3) is 0 Å². The van der Waals surface area contributed by atoms with Gasteiger partial charge >= 0.3 is 0 Å². The van der Waals surface area contributed by atoms with Gasteiger partial charge in [0.25, 0.3) is 0 Å². The first-order valence-corrected chi connectivity index (χ1v) is 6.90. The number of nitriles is 1. The van der Waals surface area contributed by atoms with Gasteiger partial charge in [0, 0.05) is 5.88 Å². The standard InChI is InChI=1S/C15H20ClNO2/c1-4-15(11-17,8-5-9-16)12-6-7-13(18-2)14(10-12)19-3/h6-7,10H,4-5,8-9H2,1-3H3. The van der Waals surface area contributed by atoms with E-state index < -0.39 is 5.41 Å². The van der Waals surface area contributed by atoms with Crippen molar-refractivity contribution in [1.29, 1.82) is 5.26 Å². The van der Waals surface area contributed by atoms with Gasteiger partial charge in [0.05, 0.1) is 25.7 Å². The van der Waals surface area contributed by atoms with Gasteiger partial charge in [-0.3, -0.25) is 0 Å². The lowest BCUT2D eigenvalue weighted by atomic mass is 9.76. The Hall–Kier alpha value is -1.40. The topological polar surface area (TPSA) is 42.2 Å². The van der Waals surface area contributed by atoms with E-state index in [2.05, 4.69) is 6.07 Å². The number of ether oxygens (including phenoxy) is 2. The summed E-state index contributed by atoms with van der Waals surface area (Å²) in [6.07, 6.45) is 2.31. The predicted molar refractivity (Wildman–Crippen MR) is 77.1 cm³/mol. The zero-order valence-electron chi connectivity index (χ0n) is 11.7. The molecule has 0 radical (unpaired) electrons. The van der Waals surface area contributed by atoms with Crippen molar-refractivity contribution in [2.45, 2.75) is 31.6 Å². The molecular formula is C15H20ClNO2. The Morgan fingerprint density at radius 1 is 1.26 bits per heavy atom. The summed E-state index contributed by atoms with van der Waals surface area (Å²) < 4.78 is 10.5. The molecule has 3 nitrogen and oxygen atoms in total. The highest BCUT2D eigenvalue weighted by molar-refractivity contribution is 6.17. The highest BCUT2D eigenvalue weighted by atomic mass is 35.5. The van der Waals surface area contributed by atoms with Crippen LogP contribution in [0.15, 0.2) is 18.2 Å². The minimum atomic E-state index is -0.506. The van der Waals surface area contributed by atoms with Crippen molar-refractivity contribution in [3.63, 3.8) is 0 Å². The third kappa shape index (κ3) is 3.33. The largest absolute Gasteiger partial charge is 0.493 e. The average molecular weight is 282 g/mol. The van der Waals surface area contributed by atoms with Crippen LogP contribution < -0.4 is 9.47 Å². The van der Waals surface area contributed by atoms with Crippen molar-refractivity contribution in [1.82, 2.24) is 0 Å². The first kappa shape index (κ1) is 15.7. The van der Waals surface area contributed by atoms with Gasteiger partial charge in [0.1, 0.15) is 0 Å². The number of benzene rings is 1. The smallest absolute Gasteiger partial charge is 0.161 e. The molecule has 0 fully saturated rings. The summed E-state index contributed by atoms with van der Waals surface area (Å²) in [6.45, 7) is 2.02. The van der Waals surface area contributed by atoms with Crippen LogP contribution in [0.2, 0.25) is 0 Å². The van der Waals surface area contributed by atoms with Gasteiger partial charge in [-0.15, -0.1) is 11.6 Å². The van der Waals surface area contributed by atoms with Gasteiger partial charge in [-0.1, -0.05) is 13.0 Å². The first-order valence-electron chi connectivity index (χ1n) is 6.37. The molecule has 0 aromatic heterocycles. The molecule has 1 aromatic rings. The van der Waals surface area contributed by atoms with Gasteiger partial charge in [-0.2, -0.15) is 5.26 Å². The van der Waals surface area contributed by atoms with Crippen LogP contribution in [-0.2, 0) is 5.41 Å². The van der Waals surface area contributed by atoms with Gasteiger partial charge in [0.2, 0.25) is 0 Å². The number of methoxy groups -OCH3 is 2. The Balaban J connectivity index is 3.20. The number of halogens is 1. The van der Waals surface area contributed by atoms with Crippen molar-refractivity contribution < 1.29 is 9.47 Å².